The van der Waals surface area contributed by atoms with Crippen LogP contribution in [0.1, 0.15) is 32.9 Å². The van der Waals surface area contributed by atoms with E-state index in [0.717, 1.165) is 30.0 Å². The van der Waals surface area contributed by atoms with E-state index in [1.807, 2.05) is 17.8 Å². The van der Waals surface area contributed by atoms with Gasteiger partial charge in [-0.15, -0.1) is 0 Å². The van der Waals surface area contributed by atoms with Crippen molar-refractivity contribution in [2.24, 2.45) is 5.73 Å². The molecule has 0 aromatic carbocycles. The second kappa shape index (κ2) is 5.17. The Morgan fingerprint density at radius 3 is 2.74 bits per heavy atom. The van der Waals surface area contributed by atoms with Gasteiger partial charge in [0.2, 0.25) is 0 Å². The lowest BCUT2D eigenvalue weighted by atomic mass is 9.92. The molecule has 2 rings (SSSR count). The van der Waals surface area contributed by atoms with E-state index >= 15 is 0 Å². The number of anilines is 1. The lowest BCUT2D eigenvalue weighted by molar-refractivity contribution is 0.562. The van der Waals surface area contributed by atoms with Crippen LogP contribution in [0.3, 0.4) is 0 Å². The summed E-state index contributed by atoms with van der Waals surface area (Å²) in [6.45, 7) is 8.10. The second-order valence-electron chi connectivity index (χ2n) is 5.92. The topological polar surface area (TPSA) is 59.5 Å². The molecule has 0 aliphatic rings. The van der Waals surface area contributed by atoms with Gasteiger partial charge in [-0.2, -0.15) is 5.10 Å². The van der Waals surface area contributed by atoms with Crippen LogP contribution in [0.5, 0.6) is 0 Å². The van der Waals surface area contributed by atoms with Crippen LogP contribution in [0.4, 0.5) is 5.82 Å². The summed E-state index contributed by atoms with van der Waals surface area (Å²) in [4.78, 5) is 6.61. The van der Waals surface area contributed by atoms with Crippen LogP contribution in [0, 0.1) is 0 Å². The van der Waals surface area contributed by atoms with Gasteiger partial charge in [0.15, 0.2) is 5.82 Å². The maximum absolute atomic E-state index is 5.56. The summed E-state index contributed by atoms with van der Waals surface area (Å²) in [5.74, 6) is 0.957. The van der Waals surface area contributed by atoms with Gasteiger partial charge in [0, 0.05) is 31.4 Å². The predicted octanol–water partition coefficient (Wildman–Crippen LogP) is 1.81. The molecule has 0 bridgehead atoms. The molecule has 2 aromatic rings. The number of aromatic nitrogens is 3. The molecule has 5 nitrogen and oxygen atoms in total. The Labute approximate surface area is 114 Å². The third kappa shape index (κ3) is 2.87. The molecular weight excluding hydrogens is 238 g/mol. The average molecular weight is 261 g/mol. The van der Waals surface area contributed by atoms with Crippen molar-refractivity contribution in [3.63, 3.8) is 0 Å². The lowest BCUT2D eigenvalue weighted by Gasteiger charge is -2.18. The fourth-order valence-electron chi connectivity index (χ4n) is 2.00. The van der Waals surface area contributed by atoms with E-state index in [9.17, 15) is 0 Å². The number of rotatable bonds is 4. The molecule has 0 atom stereocenters. The molecule has 0 aliphatic carbocycles. The standard InChI is InChI=1S/C14H23N5/c1-14(2,3)12-10-11-13(18(4)8-5-6-15)16-7-9-19(11)17-12/h7,9-10H,5-6,8,15H2,1-4H3. The minimum atomic E-state index is 0.0408. The van der Waals surface area contributed by atoms with E-state index in [1.54, 1.807) is 6.20 Å². The van der Waals surface area contributed by atoms with E-state index in [-0.39, 0.29) is 5.41 Å². The third-order valence-electron chi connectivity index (χ3n) is 3.20. The minimum Gasteiger partial charge on any atom is -0.358 e. The fourth-order valence-corrected chi connectivity index (χ4v) is 2.00. The van der Waals surface area contributed by atoms with E-state index in [1.165, 1.54) is 0 Å². The Morgan fingerprint density at radius 1 is 1.37 bits per heavy atom. The van der Waals surface area contributed by atoms with E-state index in [0.29, 0.717) is 6.54 Å². The monoisotopic (exact) mass is 261 g/mol. The van der Waals surface area contributed by atoms with Crippen molar-refractivity contribution in [2.75, 3.05) is 25.0 Å². The van der Waals surface area contributed by atoms with Gasteiger partial charge in [-0.1, -0.05) is 20.8 Å². The second-order valence-corrected chi connectivity index (χ2v) is 5.92. The van der Waals surface area contributed by atoms with Gasteiger partial charge in [0.1, 0.15) is 5.52 Å². The van der Waals surface area contributed by atoms with Crippen LogP contribution in [0.15, 0.2) is 18.5 Å². The molecule has 0 spiro atoms. The highest BCUT2D eigenvalue weighted by molar-refractivity contribution is 5.69. The van der Waals surface area contributed by atoms with Gasteiger partial charge in [-0.3, -0.25) is 0 Å². The van der Waals surface area contributed by atoms with Crippen molar-refractivity contribution in [3.05, 3.63) is 24.2 Å². The smallest absolute Gasteiger partial charge is 0.154 e. The summed E-state index contributed by atoms with van der Waals surface area (Å²) in [7, 11) is 2.04. The average Bonchev–Trinajstić information content (AvgIpc) is 2.79. The molecule has 0 saturated carbocycles. The highest BCUT2D eigenvalue weighted by atomic mass is 15.3. The molecule has 2 N–H and O–H groups in total. The molecule has 0 unspecified atom stereocenters. The minimum absolute atomic E-state index is 0.0408. The van der Waals surface area contributed by atoms with E-state index < -0.39 is 0 Å². The first-order valence-corrected chi connectivity index (χ1v) is 6.69. The van der Waals surface area contributed by atoms with Gasteiger partial charge < -0.3 is 10.6 Å². The van der Waals surface area contributed by atoms with Crippen LogP contribution in [-0.2, 0) is 5.41 Å². The highest BCUT2D eigenvalue weighted by Gasteiger charge is 2.19. The predicted molar refractivity (Wildman–Crippen MR) is 78.6 cm³/mol. The zero-order chi connectivity index (χ0) is 14.0. The van der Waals surface area contributed by atoms with Gasteiger partial charge in [0.05, 0.1) is 5.69 Å². The Bertz CT molecular complexity index is 552. The SMILES string of the molecule is CN(CCCN)c1nccn2nc(C(C)(C)C)cc12. The molecule has 2 heterocycles. The third-order valence-corrected chi connectivity index (χ3v) is 3.20. The van der Waals surface area contributed by atoms with Gasteiger partial charge in [0.25, 0.3) is 0 Å². The summed E-state index contributed by atoms with van der Waals surface area (Å²) in [6.07, 6.45) is 4.64. The lowest BCUT2D eigenvalue weighted by Crippen LogP contribution is -2.22. The summed E-state index contributed by atoms with van der Waals surface area (Å²) in [6, 6.07) is 2.13. The van der Waals surface area contributed by atoms with Crippen molar-refractivity contribution in [1.82, 2.24) is 14.6 Å². The quantitative estimate of drug-likeness (QED) is 0.912. The molecule has 0 aliphatic heterocycles. The van der Waals surface area contributed by atoms with Gasteiger partial charge in [-0.25, -0.2) is 9.50 Å². The zero-order valence-corrected chi connectivity index (χ0v) is 12.2. The van der Waals surface area contributed by atoms with Crippen molar-refractivity contribution >= 4 is 11.3 Å². The summed E-state index contributed by atoms with van der Waals surface area (Å²) in [5.41, 5.74) is 7.73. The Hall–Kier alpha value is -1.62. The van der Waals surface area contributed by atoms with Crippen molar-refractivity contribution in [1.29, 1.82) is 0 Å². The summed E-state index contributed by atoms with van der Waals surface area (Å²) >= 11 is 0. The van der Waals surface area contributed by atoms with Crippen molar-refractivity contribution in [3.8, 4) is 0 Å². The molecule has 5 heteroatoms. The van der Waals surface area contributed by atoms with Crippen LogP contribution in [0.2, 0.25) is 0 Å². The molecule has 0 amide bonds. The number of nitrogens with two attached hydrogens (primary N) is 1. The first-order chi connectivity index (χ1) is 8.93. The fraction of sp³-hybridized carbons (Fsp3) is 0.571. The Balaban J connectivity index is 2.42. The molecular formula is C14H23N5. The number of hydrogen-bond acceptors (Lipinski definition) is 4. The number of hydrogen-bond donors (Lipinski definition) is 1. The largest absolute Gasteiger partial charge is 0.358 e. The van der Waals surface area contributed by atoms with Crippen molar-refractivity contribution in [2.45, 2.75) is 32.6 Å². The van der Waals surface area contributed by atoms with Crippen molar-refractivity contribution < 1.29 is 0 Å². The Morgan fingerprint density at radius 2 is 2.11 bits per heavy atom. The zero-order valence-electron chi connectivity index (χ0n) is 12.2. The first kappa shape index (κ1) is 13.8. The van der Waals surface area contributed by atoms with Crippen LogP contribution in [0.25, 0.3) is 5.52 Å². The molecule has 2 aromatic heterocycles. The first-order valence-electron chi connectivity index (χ1n) is 6.69. The van der Waals surface area contributed by atoms with Gasteiger partial charge in [-0.05, 0) is 19.0 Å². The molecule has 0 radical (unpaired) electrons. The maximum Gasteiger partial charge on any atom is 0.154 e. The number of nitrogens with zero attached hydrogens (tertiary/aromatic N) is 4. The maximum atomic E-state index is 5.56. The molecule has 0 fully saturated rings. The normalized spacial score (nSPS) is 12.1. The van der Waals surface area contributed by atoms with Crippen LogP contribution < -0.4 is 10.6 Å². The van der Waals surface area contributed by atoms with Gasteiger partial charge >= 0.3 is 0 Å². The highest BCUT2D eigenvalue weighted by Crippen LogP contribution is 2.25. The number of fused-ring (bicyclic) bond motifs is 1. The van der Waals surface area contributed by atoms with Crippen LogP contribution in [-0.4, -0.2) is 34.7 Å². The van der Waals surface area contributed by atoms with E-state index in [4.69, 9.17) is 5.73 Å². The summed E-state index contributed by atoms with van der Waals surface area (Å²) in [5, 5.41) is 4.63. The summed E-state index contributed by atoms with van der Waals surface area (Å²) < 4.78 is 1.90. The Kier molecular flexibility index (Phi) is 3.75. The molecule has 104 valence electrons. The van der Waals surface area contributed by atoms with Crippen LogP contribution >= 0.6 is 0 Å². The molecule has 19 heavy (non-hydrogen) atoms. The molecule has 0 saturated heterocycles. The van der Waals surface area contributed by atoms with E-state index in [2.05, 4.69) is 41.8 Å².